The van der Waals surface area contributed by atoms with Crippen molar-refractivity contribution in [3.63, 3.8) is 0 Å². The normalized spacial score (nSPS) is 16.2. The summed E-state index contributed by atoms with van der Waals surface area (Å²) >= 11 is 0. The Morgan fingerprint density at radius 2 is 1.86 bits per heavy atom. The van der Waals surface area contributed by atoms with Crippen molar-refractivity contribution in [3.8, 4) is 11.5 Å². The van der Waals surface area contributed by atoms with Crippen LogP contribution < -0.4 is 30.7 Å². The number of halogens is 3. The number of carbonyl (C=O) groups is 1. The number of amides is 1. The Morgan fingerprint density at radius 1 is 1.11 bits per heavy atom. The zero-order chi connectivity index (χ0) is 26.5. The van der Waals surface area contributed by atoms with Crippen molar-refractivity contribution < 1.29 is 27.4 Å². The second-order valence-electron chi connectivity index (χ2n) is 8.32. The van der Waals surface area contributed by atoms with Gasteiger partial charge in [0, 0.05) is 49.5 Å². The van der Waals surface area contributed by atoms with Crippen LogP contribution in [0, 0.1) is 0 Å². The number of alkyl halides is 3. The van der Waals surface area contributed by atoms with Gasteiger partial charge in [-0.3, -0.25) is 4.79 Å². The minimum Gasteiger partial charge on any atom is -0.497 e. The molecule has 12 heteroatoms. The van der Waals surface area contributed by atoms with Crippen molar-refractivity contribution >= 4 is 29.0 Å². The monoisotopic (exact) mass is 516 g/mol. The van der Waals surface area contributed by atoms with Crippen molar-refractivity contribution in [1.29, 1.82) is 0 Å². The standard InChI is InChI=1S/C25H27F3N6O3/c1-29-25(35)16-12-31-22(10-18(16)32-19-9-17(19)26)34-23-7-14(24(27)28)6-21(33-23)30-11-13-4-5-15(36-2)8-20(13)37-3/h4-8,10,12,17,19,24H,9,11H2,1-3H3,(H,29,35)(H3,30,31,32,33,34)/t17-,19+/m0/s1. The molecule has 1 aliphatic carbocycles. The van der Waals surface area contributed by atoms with Crippen molar-refractivity contribution in [2.75, 3.05) is 37.2 Å². The molecule has 0 bridgehead atoms. The minimum absolute atomic E-state index is 0.114. The maximum atomic E-state index is 13.6. The molecule has 37 heavy (non-hydrogen) atoms. The number of rotatable bonds is 11. The maximum Gasteiger partial charge on any atom is 0.264 e. The molecular weight excluding hydrogens is 489 g/mol. The van der Waals surface area contributed by atoms with E-state index in [1.807, 2.05) is 0 Å². The number of aromatic nitrogens is 2. The van der Waals surface area contributed by atoms with Crippen LogP contribution in [0.25, 0.3) is 0 Å². The quantitative estimate of drug-likeness (QED) is 0.291. The van der Waals surface area contributed by atoms with E-state index in [1.165, 1.54) is 38.6 Å². The summed E-state index contributed by atoms with van der Waals surface area (Å²) in [6.45, 7) is 0.255. The molecule has 2 heterocycles. The molecule has 1 saturated carbocycles. The molecule has 0 aliphatic heterocycles. The van der Waals surface area contributed by atoms with E-state index in [-0.39, 0.29) is 35.1 Å². The molecule has 3 aromatic rings. The zero-order valence-electron chi connectivity index (χ0n) is 20.4. The number of hydrogen-bond donors (Lipinski definition) is 4. The minimum atomic E-state index is -2.74. The van der Waals surface area contributed by atoms with Gasteiger partial charge in [-0.2, -0.15) is 0 Å². The Bertz CT molecular complexity index is 1280. The molecule has 0 radical (unpaired) electrons. The molecule has 1 fully saturated rings. The fourth-order valence-corrected chi connectivity index (χ4v) is 3.62. The zero-order valence-corrected chi connectivity index (χ0v) is 20.4. The lowest BCUT2D eigenvalue weighted by molar-refractivity contribution is 0.0963. The van der Waals surface area contributed by atoms with Gasteiger partial charge in [-0.25, -0.2) is 23.1 Å². The van der Waals surface area contributed by atoms with Crippen LogP contribution in [0.1, 0.15) is 34.3 Å². The summed E-state index contributed by atoms with van der Waals surface area (Å²) in [6, 6.07) is 8.88. The smallest absolute Gasteiger partial charge is 0.264 e. The number of ether oxygens (including phenoxy) is 2. The molecule has 0 saturated heterocycles. The van der Waals surface area contributed by atoms with Crippen LogP contribution in [0.3, 0.4) is 0 Å². The Balaban J connectivity index is 1.57. The second kappa shape index (κ2) is 11.2. The van der Waals surface area contributed by atoms with E-state index in [2.05, 4.69) is 31.2 Å². The first-order valence-corrected chi connectivity index (χ1v) is 11.5. The van der Waals surface area contributed by atoms with Crippen LogP contribution in [0.4, 0.5) is 36.3 Å². The fourth-order valence-electron chi connectivity index (χ4n) is 3.62. The van der Waals surface area contributed by atoms with Crippen molar-refractivity contribution in [2.45, 2.75) is 31.6 Å². The van der Waals surface area contributed by atoms with Gasteiger partial charge in [0.2, 0.25) is 0 Å². The number of pyridine rings is 2. The van der Waals surface area contributed by atoms with Gasteiger partial charge in [0.05, 0.1) is 31.5 Å². The Labute approximate surface area is 211 Å². The largest absolute Gasteiger partial charge is 0.497 e. The van der Waals surface area contributed by atoms with E-state index >= 15 is 0 Å². The van der Waals surface area contributed by atoms with E-state index < -0.39 is 24.5 Å². The third-order valence-electron chi connectivity index (χ3n) is 5.74. The maximum absolute atomic E-state index is 13.6. The van der Waals surface area contributed by atoms with Crippen LogP contribution in [-0.4, -0.2) is 49.4 Å². The third-order valence-corrected chi connectivity index (χ3v) is 5.74. The molecule has 196 valence electrons. The Morgan fingerprint density at radius 3 is 2.51 bits per heavy atom. The summed E-state index contributed by atoms with van der Waals surface area (Å²) in [5, 5.41) is 11.4. The highest BCUT2D eigenvalue weighted by Gasteiger charge is 2.38. The Hall–Kier alpha value is -4.22. The van der Waals surface area contributed by atoms with E-state index in [9.17, 15) is 18.0 Å². The first-order chi connectivity index (χ1) is 17.8. The summed E-state index contributed by atoms with van der Waals surface area (Å²) in [6.07, 6.45) is -2.07. The molecule has 0 unspecified atom stereocenters. The molecule has 1 aliphatic rings. The number of nitrogens with one attached hydrogen (secondary N) is 4. The number of anilines is 4. The van der Waals surface area contributed by atoms with Gasteiger partial charge in [-0.15, -0.1) is 0 Å². The van der Waals surface area contributed by atoms with E-state index in [4.69, 9.17) is 9.47 Å². The van der Waals surface area contributed by atoms with Gasteiger partial charge < -0.3 is 30.7 Å². The molecule has 0 spiro atoms. The van der Waals surface area contributed by atoms with E-state index in [0.717, 1.165) is 5.56 Å². The van der Waals surface area contributed by atoms with Gasteiger partial charge >= 0.3 is 0 Å². The number of methoxy groups -OCH3 is 2. The second-order valence-corrected chi connectivity index (χ2v) is 8.32. The first kappa shape index (κ1) is 25.9. The van der Waals surface area contributed by atoms with Crippen LogP contribution >= 0.6 is 0 Å². The summed E-state index contributed by atoms with van der Waals surface area (Å²) in [5.74, 6) is 1.36. The lowest BCUT2D eigenvalue weighted by Gasteiger charge is -2.15. The molecule has 2 atom stereocenters. The molecule has 2 aromatic heterocycles. The van der Waals surface area contributed by atoms with Crippen LogP contribution in [0.2, 0.25) is 0 Å². The summed E-state index contributed by atoms with van der Waals surface area (Å²) in [7, 11) is 4.55. The number of benzene rings is 1. The van der Waals surface area contributed by atoms with Crippen molar-refractivity contribution in [3.05, 3.63) is 59.3 Å². The summed E-state index contributed by atoms with van der Waals surface area (Å²) in [4.78, 5) is 20.8. The lowest BCUT2D eigenvalue weighted by atomic mass is 10.2. The molecular formula is C25H27F3N6O3. The Kier molecular flexibility index (Phi) is 7.85. The first-order valence-electron chi connectivity index (χ1n) is 11.5. The third kappa shape index (κ3) is 6.32. The molecule has 4 N–H and O–H groups in total. The highest BCUT2D eigenvalue weighted by Crippen LogP contribution is 2.32. The van der Waals surface area contributed by atoms with Gasteiger partial charge in [0.25, 0.3) is 12.3 Å². The predicted molar refractivity (Wildman–Crippen MR) is 134 cm³/mol. The molecule has 1 aromatic carbocycles. The molecule has 4 rings (SSSR count). The summed E-state index contributed by atoms with van der Waals surface area (Å²) < 4.78 is 51.3. The number of nitrogens with zero attached hydrogens (tertiary/aromatic N) is 2. The lowest BCUT2D eigenvalue weighted by Crippen LogP contribution is -2.21. The van der Waals surface area contributed by atoms with Crippen molar-refractivity contribution in [1.82, 2.24) is 15.3 Å². The number of hydrogen-bond acceptors (Lipinski definition) is 8. The van der Waals surface area contributed by atoms with Crippen LogP contribution in [0.5, 0.6) is 11.5 Å². The highest BCUT2D eigenvalue weighted by atomic mass is 19.3. The fraction of sp³-hybridized carbons (Fsp3) is 0.320. The SMILES string of the molecule is CNC(=O)c1cnc(Nc2cc(C(F)F)cc(NCc3ccc(OC)cc3OC)n2)cc1N[C@@H]1C[C@@H]1F. The van der Waals surface area contributed by atoms with Crippen LogP contribution in [0.15, 0.2) is 42.6 Å². The van der Waals surface area contributed by atoms with Gasteiger partial charge in [-0.05, 0) is 24.3 Å². The van der Waals surface area contributed by atoms with E-state index in [0.29, 0.717) is 23.6 Å². The molecule has 9 nitrogen and oxygen atoms in total. The highest BCUT2D eigenvalue weighted by molar-refractivity contribution is 5.99. The topological polar surface area (TPSA) is 109 Å². The number of carbonyl (C=O) groups excluding carboxylic acids is 1. The molecule has 1 amide bonds. The van der Waals surface area contributed by atoms with Crippen molar-refractivity contribution in [2.24, 2.45) is 0 Å². The average molecular weight is 517 g/mol. The van der Waals surface area contributed by atoms with Gasteiger partial charge in [-0.1, -0.05) is 0 Å². The van der Waals surface area contributed by atoms with E-state index in [1.54, 1.807) is 25.3 Å². The predicted octanol–water partition coefficient (Wildman–Crippen LogP) is 4.67. The summed E-state index contributed by atoms with van der Waals surface area (Å²) in [5.41, 5.74) is 1.13. The van der Waals surface area contributed by atoms with Crippen LogP contribution in [-0.2, 0) is 6.54 Å². The van der Waals surface area contributed by atoms with Gasteiger partial charge in [0.1, 0.15) is 35.1 Å². The van der Waals surface area contributed by atoms with Gasteiger partial charge in [0.15, 0.2) is 0 Å². The average Bonchev–Trinajstić information content (AvgIpc) is 3.60.